The lowest BCUT2D eigenvalue weighted by atomic mass is 9.76. The Hall–Kier alpha value is -0.800. The maximum Gasteiger partial charge on any atom is 0.0947 e. The Labute approximate surface area is 104 Å². The Bertz CT molecular complexity index is 326. The van der Waals surface area contributed by atoms with Crippen LogP contribution in [0.5, 0.6) is 0 Å². The van der Waals surface area contributed by atoms with E-state index in [2.05, 4.69) is 18.9 Å². The highest BCUT2D eigenvalue weighted by Gasteiger charge is 2.36. The van der Waals surface area contributed by atoms with Gasteiger partial charge < -0.3 is 10.2 Å². The number of nitrogens with zero attached hydrogens (tertiary/aromatic N) is 1. The molecule has 1 aliphatic rings. The Balaban J connectivity index is 2.02. The summed E-state index contributed by atoms with van der Waals surface area (Å²) in [6, 6.07) is 2.03. The van der Waals surface area contributed by atoms with Gasteiger partial charge >= 0.3 is 0 Å². The average Bonchev–Trinajstić information content (AvgIpc) is 2.83. The molecule has 1 fully saturated rings. The summed E-state index contributed by atoms with van der Waals surface area (Å²) in [4.78, 5) is 2.42. The molecule has 1 aromatic rings. The van der Waals surface area contributed by atoms with Crippen LogP contribution in [0.1, 0.15) is 38.2 Å². The molecule has 0 saturated heterocycles. The van der Waals surface area contributed by atoms with Crippen molar-refractivity contribution in [3.8, 4) is 0 Å². The van der Waals surface area contributed by atoms with Crippen LogP contribution in [-0.4, -0.2) is 24.0 Å². The molecule has 0 spiro atoms. The number of nitrogens with two attached hydrogens (primary N) is 1. The lowest BCUT2D eigenvalue weighted by Gasteiger charge is -2.45. The molecular weight excluding hydrogens is 212 g/mol. The standard InChI is InChI=1S/C14H24N2O/c1-12-3-6-14(11-15,7-4-12)16(2)9-13-5-8-17-10-13/h5,8,10,12H,3-4,6-7,9,11,15H2,1-2H3. The van der Waals surface area contributed by atoms with Gasteiger partial charge in [0.1, 0.15) is 0 Å². The topological polar surface area (TPSA) is 42.4 Å². The molecule has 0 bridgehead atoms. The van der Waals surface area contributed by atoms with Gasteiger partial charge in [0, 0.05) is 24.2 Å². The number of hydrogen-bond acceptors (Lipinski definition) is 3. The Morgan fingerprint density at radius 2 is 2.18 bits per heavy atom. The Kier molecular flexibility index (Phi) is 3.89. The van der Waals surface area contributed by atoms with Crippen LogP contribution in [0.15, 0.2) is 23.0 Å². The van der Waals surface area contributed by atoms with Crippen LogP contribution in [0, 0.1) is 5.92 Å². The third kappa shape index (κ3) is 2.72. The van der Waals surface area contributed by atoms with Crippen molar-refractivity contribution >= 4 is 0 Å². The fourth-order valence-electron chi connectivity index (χ4n) is 2.87. The van der Waals surface area contributed by atoms with Crippen molar-refractivity contribution in [3.63, 3.8) is 0 Å². The van der Waals surface area contributed by atoms with E-state index in [1.54, 1.807) is 6.26 Å². The molecule has 96 valence electrons. The smallest absolute Gasteiger partial charge is 0.0947 e. The highest BCUT2D eigenvalue weighted by molar-refractivity contribution is 5.07. The first kappa shape index (κ1) is 12.7. The van der Waals surface area contributed by atoms with Crippen LogP contribution in [0.2, 0.25) is 0 Å². The Morgan fingerprint density at radius 1 is 1.47 bits per heavy atom. The third-order valence-electron chi connectivity index (χ3n) is 4.39. The number of rotatable bonds is 4. The first-order valence-corrected chi connectivity index (χ1v) is 6.59. The van der Waals surface area contributed by atoms with Crippen LogP contribution in [0.4, 0.5) is 0 Å². The molecule has 1 aromatic heterocycles. The highest BCUT2D eigenvalue weighted by atomic mass is 16.3. The van der Waals surface area contributed by atoms with E-state index >= 15 is 0 Å². The highest BCUT2D eigenvalue weighted by Crippen LogP contribution is 2.35. The molecule has 0 atom stereocenters. The molecule has 3 heteroatoms. The molecule has 1 aliphatic carbocycles. The first-order valence-electron chi connectivity index (χ1n) is 6.59. The van der Waals surface area contributed by atoms with E-state index in [1.807, 2.05) is 12.3 Å². The summed E-state index contributed by atoms with van der Waals surface area (Å²) in [5.41, 5.74) is 7.48. The van der Waals surface area contributed by atoms with E-state index in [0.29, 0.717) is 0 Å². The molecule has 1 heterocycles. The zero-order valence-corrected chi connectivity index (χ0v) is 11.0. The monoisotopic (exact) mass is 236 g/mol. The SMILES string of the molecule is CC1CCC(CN)(N(C)Cc2ccoc2)CC1. The fourth-order valence-corrected chi connectivity index (χ4v) is 2.87. The summed E-state index contributed by atoms with van der Waals surface area (Å²) in [5.74, 6) is 0.858. The second-order valence-corrected chi connectivity index (χ2v) is 5.60. The molecule has 17 heavy (non-hydrogen) atoms. The minimum atomic E-state index is 0.198. The van der Waals surface area contributed by atoms with E-state index in [9.17, 15) is 0 Å². The van der Waals surface area contributed by atoms with Crippen LogP contribution in [0.3, 0.4) is 0 Å². The summed E-state index contributed by atoms with van der Waals surface area (Å²) < 4.78 is 5.13. The summed E-state index contributed by atoms with van der Waals surface area (Å²) in [6.07, 6.45) is 8.60. The van der Waals surface area contributed by atoms with Gasteiger partial charge in [0.05, 0.1) is 12.5 Å². The van der Waals surface area contributed by atoms with E-state index < -0.39 is 0 Å². The van der Waals surface area contributed by atoms with Crippen molar-refractivity contribution in [1.82, 2.24) is 4.90 Å². The van der Waals surface area contributed by atoms with Gasteiger partial charge in [0.15, 0.2) is 0 Å². The van der Waals surface area contributed by atoms with E-state index in [-0.39, 0.29) is 5.54 Å². The van der Waals surface area contributed by atoms with E-state index in [0.717, 1.165) is 19.0 Å². The first-order chi connectivity index (χ1) is 8.16. The van der Waals surface area contributed by atoms with Gasteiger partial charge in [-0.15, -0.1) is 0 Å². The number of furan rings is 1. The van der Waals surface area contributed by atoms with Gasteiger partial charge in [-0.3, -0.25) is 4.90 Å². The van der Waals surface area contributed by atoms with Crippen molar-refractivity contribution in [3.05, 3.63) is 24.2 Å². The lowest BCUT2D eigenvalue weighted by molar-refractivity contribution is 0.0614. The quantitative estimate of drug-likeness (QED) is 0.874. The molecule has 2 rings (SSSR count). The van der Waals surface area contributed by atoms with E-state index in [1.165, 1.54) is 31.2 Å². The lowest BCUT2D eigenvalue weighted by Crippen LogP contribution is -2.53. The minimum Gasteiger partial charge on any atom is -0.472 e. The summed E-state index contributed by atoms with van der Waals surface area (Å²) in [7, 11) is 2.19. The number of hydrogen-bond donors (Lipinski definition) is 1. The summed E-state index contributed by atoms with van der Waals surface area (Å²) in [6.45, 7) is 4.03. The maximum atomic E-state index is 6.05. The minimum absolute atomic E-state index is 0.198. The predicted molar refractivity (Wildman–Crippen MR) is 69.6 cm³/mol. The normalized spacial score (nSPS) is 29.8. The molecular formula is C14H24N2O. The summed E-state index contributed by atoms with van der Waals surface area (Å²) in [5, 5.41) is 0. The van der Waals surface area contributed by atoms with Gasteiger partial charge in [-0.2, -0.15) is 0 Å². The third-order valence-corrected chi connectivity index (χ3v) is 4.39. The average molecular weight is 236 g/mol. The molecule has 0 unspecified atom stereocenters. The van der Waals surface area contributed by atoms with Crippen molar-refractivity contribution < 1.29 is 4.42 Å². The molecule has 0 amide bonds. The predicted octanol–water partition coefficient (Wildman–Crippen LogP) is 2.62. The van der Waals surface area contributed by atoms with Crippen molar-refractivity contribution in [1.29, 1.82) is 0 Å². The van der Waals surface area contributed by atoms with Gasteiger partial charge in [-0.1, -0.05) is 6.92 Å². The van der Waals surface area contributed by atoms with Crippen LogP contribution in [-0.2, 0) is 6.54 Å². The van der Waals surface area contributed by atoms with Crippen LogP contribution < -0.4 is 5.73 Å². The van der Waals surface area contributed by atoms with Gasteiger partial charge in [-0.05, 0) is 44.7 Å². The van der Waals surface area contributed by atoms with Gasteiger partial charge in [0.25, 0.3) is 0 Å². The molecule has 3 nitrogen and oxygen atoms in total. The maximum absolute atomic E-state index is 6.05. The van der Waals surface area contributed by atoms with Crippen LogP contribution in [0.25, 0.3) is 0 Å². The zero-order valence-electron chi connectivity index (χ0n) is 11.0. The van der Waals surface area contributed by atoms with E-state index in [4.69, 9.17) is 10.2 Å². The number of likely N-dealkylation sites (N-methyl/N-ethyl adjacent to an activating group) is 1. The van der Waals surface area contributed by atoms with Crippen molar-refractivity contribution in [2.75, 3.05) is 13.6 Å². The zero-order chi connectivity index (χ0) is 12.3. The largest absolute Gasteiger partial charge is 0.472 e. The molecule has 0 aliphatic heterocycles. The molecule has 2 N–H and O–H groups in total. The second kappa shape index (κ2) is 5.23. The fraction of sp³-hybridized carbons (Fsp3) is 0.714. The molecule has 0 radical (unpaired) electrons. The molecule has 0 aromatic carbocycles. The second-order valence-electron chi connectivity index (χ2n) is 5.60. The summed E-state index contributed by atoms with van der Waals surface area (Å²) >= 11 is 0. The van der Waals surface area contributed by atoms with Crippen LogP contribution >= 0.6 is 0 Å². The van der Waals surface area contributed by atoms with Gasteiger partial charge in [-0.25, -0.2) is 0 Å². The van der Waals surface area contributed by atoms with Crippen molar-refractivity contribution in [2.45, 2.75) is 44.7 Å². The van der Waals surface area contributed by atoms with Crippen molar-refractivity contribution in [2.24, 2.45) is 11.7 Å². The molecule has 1 saturated carbocycles. The Morgan fingerprint density at radius 3 is 2.71 bits per heavy atom. The van der Waals surface area contributed by atoms with Gasteiger partial charge in [0.2, 0.25) is 0 Å².